The Morgan fingerprint density at radius 2 is 2.00 bits per heavy atom. The molecule has 0 bridgehead atoms. The highest BCUT2D eigenvalue weighted by Gasteiger charge is 2.21. The monoisotopic (exact) mass is 354 g/mol. The van der Waals surface area contributed by atoms with Crippen LogP contribution in [0.3, 0.4) is 0 Å². The molecule has 6 nitrogen and oxygen atoms in total. The standard InChI is InChI=1S/C18H14N2O4S/c21-17(11-22-14-6-7-15-16(10-14)24-12-23-15)20(18-19-8-9-25-18)13-4-2-1-3-5-13/h1-10H,11-12H2. The summed E-state index contributed by atoms with van der Waals surface area (Å²) in [6.07, 6.45) is 1.67. The molecule has 0 N–H and O–H groups in total. The number of hydrogen-bond acceptors (Lipinski definition) is 6. The number of para-hydroxylation sites is 1. The smallest absolute Gasteiger partial charge is 0.271 e. The van der Waals surface area contributed by atoms with E-state index >= 15 is 0 Å². The average Bonchev–Trinajstić information content (AvgIpc) is 3.32. The lowest BCUT2D eigenvalue weighted by atomic mass is 10.3. The van der Waals surface area contributed by atoms with Gasteiger partial charge in [-0.2, -0.15) is 0 Å². The van der Waals surface area contributed by atoms with E-state index in [0.717, 1.165) is 5.69 Å². The molecule has 0 saturated carbocycles. The minimum absolute atomic E-state index is 0.117. The van der Waals surface area contributed by atoms with Gasteiger partial charge in [-0.15, -0.1) is 11.3 Å². The Bertz CT molecular complexity index is 868. The maximum absolute atomic E-state index is 12.8. The summed E-state index contributed by atoms with van der Waals surface area (Å²) in [4.78, 5) is 18.6. The maximum atomic E-state index is 12.8. The summed E-state index contributed by atoms with van der Waals surface area (Å²) in [5.41, 5.74) is 0.747. The lowest BCUT2D eigenvalue weighted by Gasteiger charge is -2.20. The van der Waals surface area contributed by atoms with Crippen LogP contribution in [0.4, 0.5) is 10.8 Å². The molecule has 4 rings (SSSR count). The maximum Gasteiger partial charge on any atom is 0.271 e. The van der Waals surface area contributed by atoms with E-state index in [1.807, 2.05) is 35.7 Å². The fourth-order valence-electron chi connectivity index (χ4n) is 2.44. The van der Waals surface area contributed by atoms with Gasteiger partial charge >= 0.3 is 0 Å². The van der Waals surface area contributed by atoms with Crippen molar-refractivity contribution in [3.05, 3.63) is 60.1 Å². The molecule has 0 saturated heterocycles. The molecule has 7 heteroatoms. The van der Waals surface area contributed by atoms with Crippen molar-refractivity contribution in [3.63, 3.8) is 0 Å². The highest BCUT2D eigenvalue weighted by Crippen LogP contribution is 2.35. The fraction of sp³-hybridized carbons (Fsp3) is 0.111. The van der Waals surface area contributed by atoms with E-state index in [9.17, 15) is 4.79 Å². The number of nitrogens with zero attached hydrogens (tertiary/aromatic N) is 2. The van der Waals surface area contributed by atoms with E-state index in [4.69, 9.17) is 14.2 Å². The van der Waals surface area contributed by atoms with Crippen LogP contribution >= 0.6 is 11.3 Å². The van der Waals surface area contributed by atoms with E-state index in [2.05, 4.69) is 4.98 Å². The minimum atomic E-state index is -0.209. The first kappa shape index (κ1) is 15.5. The molecule has 25 heavy (non-hydrogen) atoms. The second kappa shape index (κ2) is 6.82. The van der Waals surface area contributed by atoms with E-state index in [0.29, 0.717) is 22.4 Å². The number of carbonyl (C=O) groups excluding carboxylic acids is 1. The number of carbonyl (C=O) groups is 1. The van der Waals surface area contributed by atoms with Gasteiger partial charge in [0.2, 0.25) is 6.79 Å². The van der Waals surface area contributed by atoms with Gasteiger partial charge < -0.3 is 14.2 Å². The van der Waals surface area contributed by atoms with Gasteiger partial charge in [0, 0.05) is 17.6 Å². The van der Waals surface area contributed by atoms with E-state index in [1.54, 1.807) is 29.3 Å². The third-order valence-electron chi connectivity index (χ3n) is 3.58. The normalized spacial score (nSPS) is 12.0. The van der Waals surface area contributed by atoms with Crippen molar-refractivity contribution in [1.82, 2.24) is 4.98 Å². The van der Waals surface area contributed by atoms with Crippen molar-refractivity contribution < 1.29 is 19.0 Å². The largest absolute Gasteiger partial charge is 0.484 e. The Morgan fingerprint density at radius 3 is 2.80 bits per heavy atom. The number of hydrogen-bond donors (Lipinski definition) is 0. The topological polar surface area (TPSA) is 60.9 Å². The quantitative estimate of drug-likeness (QED) is 0.700. The molecule has 1 aliphatic heterocycles. The summed E-state index contributed by atoms with van der Waals surface area (Å²) in [5.74, 6) is 1.63. The van der Waals surface area contributed by atoms with Crippen molar-refractivity contribution in [2.75, 3.05) is 18.3 Å². The number of ether oxygens (including phenoxy) is 3. The first-order valence-electron chi connectivity index (χ1n) is 7.61. The minimum Gasteiger partial charge on any atom is -0.484 e. The highest BCUT2D eigenvalue weighted by molar-refractivity contribution is 7.13. The van der Waals surface area contributed by atoms with Gasteiger partial charge in [0.15, 0.2) is 23.2 Å². The third-order valence-corrected chi connectivity index (χ3v) is 4.34. The van der Waals surface area contributed by atoms with Gasteiger partial charge in [-0.3, -0.25) is 9.69 Å². The van der Waals surface area contributed by atoms with Crippen LogP contribution < -0.4 is 19.1 Å². The number of anilines is 2. The Kier molecular flexibility index (Phi) is 4.22. The van der Waals surface area contributed by atoms with Crippen LogP contribution in [0.15, 0.2) is 60.1 Å². The Labute approximate surface area is 148 Å². The van der Waals surface area contributed by atoms with Gasteiger partial charge in [0.25, 0.3) is 5.91 Å². The van der Waals surface area contributed by atoms with Crippen molar-refractivity contribution in [3.8, 4) is 17.2 Å². The zero-order valence-corrected chi connectivity index (χ0v) is 13.9. The first-order valence-corrected chi connectivity index (χ1v) is 8.49. The SMILES string of the molecule is O=C(COc1ccc2c(c1)OCO2)N(c1ccccc1)c1nccs1. The summed E-state index contributed by atoms with van der Waals surface area (Å²) >= 11 is 1.39. The molecule has 0 unspecified atom stereocenters. The van der Waals surface area contributed by atoms with Gasteiger partial charge in [-0.25, -0.2) is 4.98 Å². The molecule has 2 aromatic carbocycles. The number of benzene rings is 2. The zero-order valence-electron chi connectivity index (χ0n) is 13.1. The van der Waals surface area contributed by atoms with E-state index in [-0.39, 0.29) is 19.3 Å². The number of rotatable bonds is 5. The summed E-state index contributed by atoms with van der Waals surface area (Å²) < 4.78 is 16.2. The van der Waals surface area contributed by atoms with Gasteiger partial charge in [0.05, 0.1) is 5.69 Å². The summed E-state index contributed by atoms with van der Waals surface area (Å²) in [7, 11) is 0. The van der Waals surface area contributed by atoms with Gasteiger partial charge in [0.1, 0.15) is 5.75 Å². The average molecular weight is 354 g/mol. The molecule has 0 spiro atoms. The van der Waals surface area contributed by atoms with Crippen molar-refractivity contribution in [2.24, 2.45) is 0 Å². The number of fused-ring (bicyclic) bond motifs is 1. The molecule has 0 atom stereocenters. The van der Waals surface area contributed by atoms with Gasteiger partial charge in [-0.1, -0.05) is 18.2 Å². The van der Waals surface area contributed by atoms with Gasteiger partial charge in [-0.05, 0) is 24.3 Å². The van der Waals surface area contributed by atoms with Crippen molar-refractivity contribution >= 4 is 28.1 Å². The molecule has 1 aromatic heterocycles. The number of aromatic nitrogens is 1. The van der Waals surface area contributed by atoms with Crippen LogP contribution in [0.5, 0.6) is 17.2 Å². The van der Waals surface area contributed by atoms with Crippen LogP contribution in [0, 0.1) is 0 Å². The van der Waals surface area contributed by atoms with Crippen molar-refractivity contribution in [2.45, 2.75) is 0 Å². The van der Waals surface area contributed by atoms with Crippen LogP contribution in [0.1, 0.15) is 0 Å². The molecule has 0 aliphatic carbocycles. The predicted molar refractivity (Wildman–Crippen MR) is 93.8 cm³/mol. The van der Waals surface area contributed by atoms with E-state index in [1.165, 1.54) is 11.3 Å². The summed E-state index contributed by atoms with van der Waals surface area (Å²) in [5, 5.41) is 2.43. The molecule has 0 fully saturated rings. The Hall–Kier alpha value is -3.06. The van der Waals surface area contributed by atoms with Crippen LogP contribution in [-0.4, -0.2) is 24.3 Å². The van der Waals surface area contributed by atoms with E-state index < -0.39 is 0 Å². The zero-order chi connectivity index (χ0) is 17.1. The number of amides is 1. The van der Waals surface area contributed by atoms with Crippen LogP contribution in [-0.2, 0) is 4.79 Å². The molecule has 126 valence electrons. The molecule has 3 aromatic rings. The Balaban J connectivity index is 1.51. The second-order valence-electron chi connectivity index (χ2n) is 5.18. The first-order chi connectivity index (χ1) is 12.3. The fourth-order valence-corrected chi connectivity index (χ4v) is 3.12. The third kappa shape index (κ3) is 3.27. The molecule has 1 aliphatic rings. The summed E-state index contributed by atoms with van der Waals surface area (Å²) in [6.45, 7) is 0.0810. The lowest BCUT2D eigenvalue weighted by Crippen LogP contribution is -2.30. The molecule has 2 heterocycles. The lowest BCUT2D eigenvalue weighted by molar-refractivity contribution is -0.119. The second-order valence-corrected chi connectivity index (χ2v) is 6.06. The number of thiazole rings is 1. The molecular formula is C18H14N2O4S. The Morgan fingerprint density at radius 1 is 1.16 bits per heavy atom. The predicted octanol–water partition coefficient (Wildman–Crippen LogP) is 3.62. The van der Waals surface area contributed by atoms with Crippen LogP contribution in [0.2, 0.25) is 0 Å². The highest BCUT2D eigenvalue weighted by atomic mass is 32.1. The molecule has 0 radical (unpaired) electrons. The van der Waals surface area contributed by atoms with Crippen LogP contribution in [0.25, 0.3) is 0 Å². The summed E-state index contributed by atoms with van der Waals surface area (Å²) in [6, 6.07) is 14.6. The van der Waals surface area contributed by atoms with Crippen molar-refractivity contribution in [1.29, 1.82) is 0 Å². The molecular weight excluding hydrogens is 340 g/mol. The molecule has 1 amide bonds.